The van der Waals surface area contributed by atoms with Crippen molar-refractivity contribution in [1.29, 1.82) is 0 Å². The predicted octanol–water partition coefficient (Wildman–Crippen LogP) is 4.00. The monoisotopic (exact) mass is 280 g/mol. The Balaban J connectivity index is 2.15. The van der Waals surface area contributed by atoms with E-state index in [1.165, 1.54) is 11.6 Å². The van der Waals surface area contributed by atoms with E-state index in [0.717, 1.165) is 6.42 Å². The number of halogens is 2. The van der Waals surface area contributed by atoms with Crippen LogP contribution in [0, 0.1) is 5.82 Å². The van der Waals surface area contributed by atoms with Gasteiger partial charge in [-0.15, -0.1) is 0 Å². The molecule has 19 heavy (non-hydrogen) atoms. The smallest absolute Gasteiger partial charge is 0.129 e. The van der Waals surface area contributed by atoms with Crippen molar-refractivity contribution in [3.8, 4) is 0 Å². The summed E-state index contributed by atoms with van der Waals surface area (Å²) in [4.78, 5) is 0. The van der Waals surface area contributed by atoms with Gasteiger partial charge in [0.2, 0.25) is 0 Å². The van der Waals surface area contributed by atoms with Gasteiger partial charge in [-0.1, -0.05) is 24.6 Å². The fourth-order valence-corrected chi connectivity index (χ4v) is 2.38. The number of nitrogens with one attached hydrogen (secondary N) is 1. The van der Waals surface area contributed by atoms with Crippen LogP contribution in [0.2, 0.25) is 5.02 Å². The Bertz CT molecular complexity index is 547. The number of aromatic nitrogens is 1. The zero-order valence-electron chi connectivity index (χ0n) is 11.2. The van der Waals surface area contributed by atoms with E-state index in [2.05, 4.69) is 24.5 Å². The second kappa shape index (κ2) is 6.22. The quantitative estimate of drug-likeness (QED) is 0.876. The molecule has 0 saturated heterocycles. The van der Waals surface area contributed by atoms with E-state index in [-0.39, 0.29) is 5.82 Å². The lowest BCUT2D eigenvalue weighted by Gasteiger charge is -2.11. The van der Waals surface area contributed by atoms with E-state index in [0.29, 0.717) is 23.2 Å². The molecule has 1 unspecified atom stereocenters. The minimum absolute atomic E-state index is 0.261. The van der Waals surface area contributed by atoms with Crippen LogP contribution in [-0.2, 0) is 6.54 Å². The van der Waals surface area contributed by atoms with E-state index >= 15 is 0 Å². The number of hydrogen-bond acceptors (Lipinski definition) is 1. The van der Waals surface area contributed by atoms with Gasteiger partial charge in [-0.2, -0.15) is 0 Å². The third kappa shape index (κ3) is 3.37. The summed E-state index contributed by atoms with van der Waals surface area (Å²) >= 11 is 5.75. The normalized spacial score (nSPS) is 12.6. The molecule has 0 bridgehead atoms. The Morgan fingerprint density at radius 3 is 2.79 bits per heavy atom. The first-order valence-corrected chi connectivity index (χ1v) is 6.78. The summed E-state index contributed by atoms with van der Waals surface area (Å²) in [5.41, 5.74) is 1.86. The molecule has 4 heteroatoms. The van der Waals surface area contributed by atoms with Gasteiger partial charge in [0.1, 0.15) is 5.82 Å². The van der Waals surface area contributed by atoms with Crippen LogP contribution < -0.4 is 5.32 Å². The molecule has 1 N–H and O–H groups in total. The molecule has 0 fully saturated rings. The van der Waals surface area contributed by atoms with Crippen molar-refractivity contribution in [2.75, 3.05) is 7.05 Å². The van der Waals surface area contributed by atoms with Crippen molar-refractivity contribution in [3.05, 3.63) is 58.6 Å². The highest BCUT2D eigenvalue weighted by atomic mass is 35.5. The molecule has 0 amide bonds. The number of benzene rings is 1. The minimum atomic E-state index is -0.261. The van der Waals surface area contributed by atoms with E-state index in [9.17, 15) is 4.39 Å². The van der Waals surface area contributed by atoms with Gasteiger partial charge in [0.25, 0.3) is 0 Å². The highest BCUT2D eigenvalue weighted by Gasteiger charge is 2.09. The fraction of sp³-hybridized carbons (Fsp3) is 0.333. The lowest BCUT2D eigenvalue weighted by atomic mass is 10.1. The first kappa shape index (κ1) is 14.1. The van der Waals surface area contributed by atoms with Gasteiger partial charge in [-0.05, 0) is 37.2 Å². The Kier molecular flexibility index (Phi) is 4.61. The first-order valence-electron chi connectivity index (χ1n) is 6.41. The standard InChI is InChI=1S/C15H18ClFN2/c1-3-15(18-2)12-6-7-19(10-12)9-11-4-5-13(16)8-14(11)17/h4-8,10,15,18H,3,9H2,1-2H3. The van der Waals surface area contributed by atoms with E-state index < -0.39 is 0 Å². The number of hydrogen-bond donors (Lipinski definition) is 1. The van der Waals surface area contributed by atoms with Gasteiger partial charge in [0, 0.05) is 35.6 Å². The van der Waals surface area contributed by atoms with Crippen LogP contribution in [0.25, 0.3) is 0 Å². The lowest BCUT2D eigenvalue weighted by Crippen LogP contribution is -2.14. The zero-order valence-corrected chi connectivity index (χ0v) is 11.9. The van der Waals surface area contributed by atoms with Crippen LogP contribution in [-0.4, -0.2) is 11.6 Å². The maximum Gasteiger partial charge on any atom is 0.129 e. The van der Waals surface area contributed by atoms with Crippen molar-refractivity contribution < 1.29 is 4.39 Å². The highest BCUT2D eigenvalue weighted by Crippen LogP contribution is 2.19. The van der Waals surface area contributed by atoms with Crippen molar-refractivity contribution in [2.24, 2.45) is 0 Å². The van der Waals surface area contributed by atoms with Crippen LogP contribution in [0.5, 0.6) is 0 Å². The number of rotatable bonds is 5. The molecule has 0 aliphatic rings. The van der Waals surface area contributed by atoms with E-state index in [1.54, 1.807) is 12.1 Å². The van der Waals surface area contributed by atoms with Crippen LogP contribution in [0.4, 0.5) is 4.39 Å². The second-order valence-electron chi connectivity index (χ2n) is 4.60. The summed E-state index contributed by atoms with van der Waals surface area (Å²) in [5, 5.41) is 3.69. The zero-order chi connectivity index (χ0) is 13.8. The van der Waals surface area contributed by atoms with E-state index in [4.69, 9.17) is 11.6 Å². The molecule has 102 valence electrons. The summed E-state index contributed by atoms with van der Waals surface area (Å²) < 4.78 is 15.7. The van der Waals surface area contributed by atoms with Crippen molar-refractivity contribution in [2.45, 2.75) is 25.9 Å². The van der Waals surface area contributed by atoms with E-state index in [1.807, 2.05) is 17.8 Å². The molecular weight excluding hydrogens is 263 g/mol. The van der Waals surface area contributed by atoms with Gasteiger partial charge in [-0.25, -0.2) is 4.39 Å². The topological polar surface area (TPSA) is 17.0 Å². The highest BCUT2D eigenvalue weighted by molar-refractivity contribution is 6.30. The van der Waals surface area contributed by atoms with Crippen molar-refractivity contribution in [3.63, 3.8) is 0 Å². The summed E-state index contributed by atoms with van der Waals surface area (Å²) in [6, 6.07) is 7.21. The predicted molar refractivity (Wildman–Crippen MR) is 77.0 cm³/mol. The Morgan fingerprint density at radius 2 is 2.16 bits per heavy atom. The summed E-state index contributed by atoms with van der Waals surface area (Å²) in [6.45, 7) is 2.65. The van der Waals surface area contributed by atoms with Gasteiger partial charge < -0.3 is 9.88 Å². The van der Waals surface area contributed by atoms with Crippen LogP contribution in [0.3, 0.4) is 0 Å². The summed E-state index contributed by atoms with van der Waals surface area (Å²) in [6.07, 6.45) is 5.05. The molecule has 0 saturated carbocycles. The molecule has 2 aromatic rings. The van der Waals surface area contributed by atoms with Gasteiger partial charge in [-0.3, -0.25) is 0 Å². The molecule has 2 nitrogen and oxygen atoms in total. The molecule has 0 radical (unpaired) electrons. The summed E-state index contributed by atoms with van der Waals surface area (Å²) in [7, 11) is 1.95. The largest absolute Gasteiger partial charge is 0.349 e. The molecule has 1 aromatic heterocycles. The van der Waals surface area contributed by atoms with Crippen LogP contribution in [0.1, 0.15) is 30.5 Å². The molecular formula is C15H18ClFN2. The second-order valence-corrected chi connectivity index (χ2v) is 5.04. The molecule has 0 aliphatic carbocycles. The average molecular weight is 281 g/mol. The van der Waals surface area contributed by atoms with Crippen LogP contribution >= 0.6 is 11.6 Å². The third-order valence-electron chi connectivity index (χ3n) is 3.30. The maximum atomic E-state index is 13.7. The minimum Gasteiger partial charge on any atom is -0.349 e. The Hall–Kier alpha value is -1.32. The van der Waals surface area contributed by atoms with Crippen molar-refractivity contribution >= 4 is 11.6 Å². The average Bonchev–Trinajstić information content (AvgIpc) is 2.83. The number of nitrogens with zero attached hydrogens (tertiary/aromatic N) is 1. The summed E-state index contributed by atoms with van der Waals surface area (Å²) in [5.74, 6) is -0.261. The molecule has 1 heterocycles. The SMILES string of the molecule is CCC(NC)c1ccn(Cc2ccc(Cl)cc2F)c1. The molecule has 2 rings (SSSR count). The molecule has 1 aromatic carbocycles. The molecule has 1 atom stereocenters. The maximum absolute atomic E-state index is 13.7. The van der Waals surface area contributed by atoms with Crippen molar-refractivity contribution in [1.82, 2.24) is 9.88 Å². The molecule has 0 aliphatic heterocycles. The third-order valence-corrected chi connectivity index (χ3v) is 3.54. The first-order chi connectivity index (χ1) is 9.13. The van der Waals surface area contributed by atoms with Gasteiger partial charge >= 0.3 is 0 Å². The van der Waals surface area contributed by atoms with Gasteiger partial charge in [0.15, 0.2) is 0 Å². The van der Waals surface area contributed by atoms with Crippen LogP contribution in [0.15, 0.2) is 36.7 Å². The molecule has 0 spiro atoms. The fourth-order valence-electron chi connectivity index (χ4n) is 2.22. The Labute approximate surface area is 118 Å². The Morgan fingerprint density at radius 1 is 1.37 bits per heavy atom. The van der Waals surface area contributed by atoms with Gasteiger partial charge in [0.05, 0.1) is 0 Å². The lowest BCUT2D eigenvalue weighted by molar-refractivity contribution is 0.573.